The first kappa shape index (κ1) is 16.1. The number of hydrogen-bond donors (Lipinski definition) is 1. The van der Waals surface area contributed by atoms with Gasteiger partial charge in [0, 0.05) is 19.0 Å². The third-order valence-electron chi connectivity index (χ3n) is 6.45. The van der Waals surface area contributed by atoms with Crippen LogP contribution in [0.1, 0.15) is 37.7 Å². The maximum Gasteiger partial charge on any atom is 0.226 e. The minimum Gasteiger partial charge on any atom is -0.342 e. The van der Waals surface area contributed by atoms with Crippen LogP contribution in [-0.4, -0.2) is 37.0 Å². The first-order chi connectivity index (χ1) is 11.7. The van der Waals surface area contributed by atoms with Crippen molar-refractivity contribution in [1.82, 2.24) is 10.2 Å². The molecule has 2 heterocycles. The lowest BCUT2D eigenvalue weighted by atomic mass is 9.89. The topological polar surface area (TPSA) is 32.3 Å². The van der Waals surface area contributed by atoms with E-state index in [4.69, 9.17) is 0 Å². The van der Waals surface area contributed by atoms with Gasteiger partial charge in [-0.15, -0.1) is 0 Å². The third kappa shape index (κ3) is 3.21. The summed E-state index contributed by atoms with van der Waals surface area (Å²) in [5.41, 5.74) is 1.55. The molecule has 2 aliphatic heterocycles. The number of carbonyl (C=O) groups excluding carboxylic acids is 1. The first-order valence-electron chi connectivity index (χ1n) is 9.40. The average molecular weight is 330 g/mol. The SMILES string of the molecule is O=C(C1CC12CCNCC2)N1CCC(Cc2ccc(F)cc2)CC1. The van der Waals surface area contributed by atoms with Crippen LogP contribution in [0.5, 0.6) is 0 Å². The van der Waals surface area contributed by atoms with Crippen LogP contribution >= 0.6 is 0 Å². The van der Waals surface area contributed by atoms with Crippen molar-refractivity contribution in [2.75, 3.05) is 26.2 Å². The van der Waals surface area contributed by atoms with E-state index in [-0.39, 0.29) is 5.82 Å². The van der Waals surface area contributed by atoms with Crippen molar-refractivity contribution in [1.29, 1.82) is 0 Å². The van der Waals surface area contributed by atoms with Crippen molar-refractivity contribution >= 4 is 5.91 Å². The second-order valence-electron chi connectivity index (χ2n) is 7.97. The minimum absolute atomic E-state index is 0.171. The van der Waals surface area contributed by atoms with E-state index >= 15 is 0 Å². The minimum atomic E-state index is -0.171. The Morgan fingerprint density at radius 1 is 1.17 bits per heavy atom. The van der Waals surface area contributed by atoms with Crippen molar-refractivity contribution < 1.29 is 9.18 Å². The number of nitrogens with zero attached hydrogens (tertiary/aromatic N) is 1. The number of halogens is 1. The third-order valence-corrected chi connectivity index (χ3v) is 6.45. The molecule has 1 aliphatic carbocycles. The number of likely N-dealkylation sites (tertiary alicyclic amines) is 1. The lowest BCUT2D eigenvalue weighted by Gasteiger charge is -2.33. The second kappa shape index (κ2) is 6.47. The summed E-state index contributed by atoms with van der Waals surface area (Å²) in [6.07, 6.45) is 6.61. The fourth-order valence-electron chi connectivity index (χ4n) is 4.71. The van der Waals surface area contributed by atoms with Gasteiger partial charge in [0.25, 0.3) is 0 Å². The Kier molecular flexibility index (Phi) is 4.33. The molecule has 1 unspecified atom stereocenters. The number of benzene rings is 1. The van der Waals surface area contributed by atoms with E-state index in [2.05, 4.69) is 10.2 Å². The first-order valence-corrected chi connectivity index (χ1v) is 9.40. The van der Waals surface area contributed by atoms with Gasteiger partial charge in [-0.2, -0.15) is 0 Å². The predicted octanol–water partition coefficient (Wildman–Crippen LogP) is 3.00. The molecular formula is C20H27FN2O. The van der Waals surface area contributed by atoms with Crippen molar-refractivity contribution in [3.8, 4) is 0 Å². The normalized spacial score (nSPS) is 26.5. The zero-order valence-electron chi connectivity index (χ0n) is 14.3. The number of piperidine rings is 2. The summed E-state index contributed by atoms with van der Waals surface area (Å²) in [5.74, 6) is 1.16. The average Bonchev–Trinajstić information content (AvgIpc) is 3.30. The fraction of sp³-hybridized carbons (Fsp3) is 0.650. The highest BCUT2D eigenvalue weighted by Crippen LogP contribution is 2.59. The molecule has 0 radical (unpaired) electrons. The number of carbonyl (C=O) groups is 1. The van der Waals surface area contributed by atoms with Gasteiger partial charge in [0.05, 0.1) is 0 Å². The molecule has 1 saturated carbocycles. The smallest absolute Gasteiger partial charge is 0.226 e. The van der Waals surface area contributed by atoms with E-state index in [0.717, 1.165) is 51.9 Å². The van der Waals surface area contributed by atoms with Crippen LogP contribution in [0.4, 0.5) is 4.39 Å². The highest BCUT2D eigenvalue weighted by atomic mass is 19.1. The Bertz CT molecular complexity index is 586. The Hall–Kier alpha value is -1.42. The molecule has 1 atom stereocenters. The molecule has 4 heteroatoms. The highest BCUT2D eigenvalue weighted by molar-refractivity contribution is 5.82. The molecule has 24 heavy (non-hydrogen) atoms. The number of nitrogens with one attached hydrogen (secondary N) is 1. The van der Waals surface area contributed by atoms with Gasteiger partial charge in [-0.25, -0.2) is 4.39 Å². The van der Waals surface area contributed by atoms with Gasteiger partial charge in [0.15, 0.2) is 0 Å². The zero-order valence-corrected chi connectivity index (χ0v) is 14.3. The van der Waals surface area contributed by atoms with Crippen LogP contribution in [0.2, 0.25) is 0 Å². The van der Waals surface area contributed by atoms with Crippen LogP contribution in [-0.2, 0) is 11.2 Å². The van der Waals surface area contributed by atoms with Crippen LogP contribution < -0.4 is 5.32 Å². The van der Waals surface area contributed by atoms with Gasteiger partial charge in [-0.05, 0) is 80.6 Å². The molecule has 1 spiro atoms. The van der Waals surface area contributed by atoms with Crippen molar-refractivity contribution in [3.63, 3.8) is 0 Å². The lowest BCUT2D eigenvalue weighted by molar-refractivity contribution is -0.135. The summed E-state index contributed by atoms with van der Waals surface area (Å²) >= 11 is 0. The molecule has 3 nitrogen and oxygen atoms in total. The van der Waals surface area contributed by atoms with Gasteiger partial charge in [0.1, 0.15) is 5.82 Å². The van der Waals surface area contributed by atoms with Crippen LogP contribution in [0, 0.1) is 23.1 Å². The van der Waals surface area contributed by atoms with E-state index in [9.17, 15) is 9.18 Å². The summed E-state index contributed by atoms with van der Waals surface area (Å²) in [6, 6.07) is 6.86. The number of rotatable bonds is 3. The molecule has 0 aromatic heterocycles. The Morgan fingerprint density at radius 3 is 2.50 bits per heavy atom. The van der Waals surface area contributed by atoms with E-state index in [1.165, 1.54) is 18.4 Å². The molecule has 1 N–H and O–H groups in total. The van der Waals surface area contributed by atoms with Crippen molar-refractivity contribution in [3.05, 3.63) is 35.6 Å². The second-order valence-corrected chi connectivity index (χ2v) is 7.97. The Labute approximate surface area is 143 Å². The summed E-state index contributed by atoms with van der Waals surface area (Å²) in [5, 5.41) is 3.40. The summed E-state index contributed by atoms with van der Waals surface area (Å²) < 4.78 is 13.0. The van der Waals surface area contributed by atoms with E-state index < -0.39 is 0 Å². The molecule has 1 aromatic carbocycles. The summed E-state index contributed by atoms with van der Waals surface area (Å²) in [7, 11) is 0. The Morgan fingerprint density at radius 2 is 1.83 bits per heavy atom. The van der Waals surface area contributed by atoms with E-state index in [1.807, 2.05) is 12.1 Å². The van der Waals surface area contributed by atoms with Gasteiger partial charge >= 0.3 is 0 Å². The molecule has 3 fully saturated rings. The molecular weight excluding hydrogens is 303 g/mol. The van der Waals surface area contributed by atoms with Gasteiger partial charge in [0.2, 0.25) is 5.91 Å². The van der Waals surface area contributed by atoms with Crippen LogP contribution in [0.25, 0.3) is 0 Å². The molecule has 0 bridgehead atoms. The number of hydrogen-bond acceptors (Lipinski definition) is 2. The zero-order chi connectivity index (χ0) is 16.6. The maximum atomic E-state index is 13.0. The number of amides is 1. The van der Waals surface area contributed by atoms with Gasteiger partial charge in [-0.1, -0.05) is 12.1 Å². The van der Waals surface area contributed by atoms with Crippen LogP contribution in [0.3, 0.4) is 0 Å². The largest absolute Gasteiger partial charge is 0.342 e. The maximum absolute atomic E-state index is 13.0. The van der Waals surface area contributed by atoms with Crippen LogP contribution in [0.15, 0.2) is 24.3 Å². The molecule has 1 aromatic rings. The molecule has 4 rings (SSSR count). The standard InChI is InChI=1S/C20H27FN2O/c21-17-3-1-15(2-4-17)13-16-5-11-23(12-6-16)19(24)18-14-20(18)7-9-22-10-8-20/h1-4,16,18,22H,5-14H2. The predicted molar refractivity (Wildman–Crippen MR) is 92.1 cm³/mol. The van der Waals surface area contributed by atoms with Crippen molar-refractivity contribution in [2.24, 2.45) is 17.3 Å². The molecule has 130 valence electrons. The fourth-order valence-corrected chi connectivity index (χ4v) is 4.71. The Balaban J connectivity index is 1.27. The monoisotopic (exact) mass is 330 g/mol. The lowest BCUT2D eigenvalue weighted by Crippen LogP contribution is -2.41. The summed E-state index contributed by atoms with van der Waals surface area (Å²) in [4.78, 5) is 14.9. The van der Waals surface area contributed by atoms with Gasteiger partial charge in [-0.3, -0.25) is 4.79 Å². The molecule has 2 saturated heterocycles. The quantitative estimate of drug-likeness (QED) is 0.924. The summed E-state index contributed by atoms with van der Waals surface area (Å²) in [6.45, 7) is 3.94. The molecule has 3 aliphatic rings. The van der Waals surface area contributed by atoms with E-state index in [0.29, 0.717) is 23.2 Å². The van der Waals surface area contributed by atoms with Gasteiger partial charge < -0.3 is 10.2 Å². The highest BCUT2D eigenvalue weighted by Gasteiger charge is 2.58. The molecule has 1 amide bonds. The van der Waals surface area contributed by atoms with E-state index in [1.54, 1.807) is 12.1 Å². The van der Waals surface area contributed by atoms with Crippen molar-refractivity contribution in [2.45, 2.75) is 38.5 Å².